The van der Waals surface area contributed by atoms with Crippen LogP contribution in [0.3, 0.4) is 0 Å². The molecular formula is C15H21NO3. The Labute approximate surface area is 113 Å². The summed E-state index contributed by atoms with van der Waals surface area (Å²) in [5, 5.41) is 12.8. The predicted octanol–water partition coefficient (Wildman–Crippen LogP) is 1.63. The molecule has 0 aromatic heterocycles. The Hall–Kier alpha value is -1.39. The predicted molar refractivity (Wildman–Crippen MR) is 72.9 cm³/mol. The molecule has 4 heteroatoms. The fourth-order valence-electron chi connectivity index (χ4n) is 2.19. The van der Waals surface area contributed by atoms with E-state index in [9.17, 15) is 9.90 Å². The molecule has 0 spiro atoms. The summed E-state index contributed by atoms with van der Waals surface area (Å²) >= 11 is 0. The Morgan fingerprint density at radius 2 is 2.26 bits per heavy atom. The van der Waals surface area contributed by atoms with Crippen LogP contribution in [0, 0.1) is 13.8 Å². The smallest absolute Gasteiger partial charge is 0.249 e. The van der Waals surface area contributed by atoms with Crippen molar-refractivity contribution in [2.45, 2.75) is 38.9 Å². The third kappa shape index (κ3) is 3.55. The lowest BCUT2D eigenvalue weighted by Crippen LogP contribution is -2.36. The number of hydrogen-bond donors (Lipinski definition) is 2. The molecule has 0 radical (unpaired) electrons. The maximum absolute atomic E-state index is 11.8. The monoisotopic (exact) mass is 263 g/mol. The van der Waals surface area contributed by atoms with Crippen molar-refractivity contribution in [3.63, 3.8) is 0 Å². The summed E-state index contributed by atoms with van der Waals surface area (Å²) in [4.78, 5) is 11.8. The summed E-state index contributed by atoms with van der Waals surface area (Å²) in [5.41, 5.74) is 3.16. The van der Waals surface area contributed by atoms with Crippen molar-refractivity contribution in [2.75, 3.05) is 13.2 Å². The number of aliphatic hydroxyl groups excluding tert-OH is 1. The van der Waals surface area contributed by atoms with Gasteiger partial charge in [0.15, 0.2) is 0 Å². The molecule has 2 rings (SSSR count). The standard InChI is InChI=1S/C15H21NO3/c1-10-5-6-12(8-11(10)2)13(17)9-16-15(18)14-4-3-7-19-14/h5-6,8,13-14,17H,3-4,7,9H2,1-2H3,(H,16,18). The average Bonchev–Trinajstić information content (AvgIpc) is 2.92. The Kier molecular flexibility index (Phi) is 4.56. The van der Waals surface area contributed by atoms with Crippen molar-refractivity contribution in [3.05, 3.63) is 34.9 Å². The number of nitrogens with one attached hydrogen (secondary N) is 1. The van der Waals surface area contributed by atoms with Gasteiger partial charge in [0.2, 0.25) is 5.91 Å². The fourth-order valence-corrected chi connectivity index (χ4v) is 2.19. The topological polar surface area (TPSA) is 58.6 Å². The second-order valence-corrected chi connectivity index (χ2v) is 5.11. The second-order valence-electron chi connectivity index (χ2n) is 5.11. The van der Waals surface area contributed by atoms with Gasteiger partial charge in [-0.15, -0.1) is 0 Å². The van der Waals surface area contributed by atoms with Gasteiger partial charge in [-0.2, -0.15) is 0 Å². The fraction of sp³-hybridized carbons (Fsp3) is 0.533. The maximum Gasteiger partial charge on any atom is 0.249 e. The van der Waals surface area contributed by atoms with Crippen LogP contribution in [0.15, 0.2) is 18.2 Å². The van der Waals surface area contributed by atoms with Crippen LogP contribution in [-0.4, -0.2) is 30.3 Å². The molecule has 2 atom stereocenters. The minimum absolute atomic E-state index is 0.125. The summed E-state index contributed by atoms with van der Waals surface area (Å²) in [6.45, 7) is 4.92. The van der Waals surface area contributed by atoms with Crippen LogP contribution in [0.1, 0.15) is 35.6 Å². The van der Waals surface area contributed by atoms with E-state index in [2.05, 4.69) is 5.32 Å². The molecule has 4 nitrogen and oxygen atoms in total. The lowest BCUT2D eigenvalue weighted by molar-refractivity contribution is -0.130. The summed E-state index contributed by atoms with van der Waals surface area (Å²) in [6.07, 6.45) is 0.681. The minimum atomic E-state index is -0.676. The largest absolute Gasteiger partial charge is 0.387 e. The van der Waals surface area contributed by atoms with Crippen LogP contribution >= 0.6 is 0 Å². The Morgan fingerprint density at radius 3 is 2.89 bits per heavy atom. The van der Waals surface area contributed by atoms with E-state index in [1.807, 2.05) is 32.0 Å². The van der Waals surface area contributed by atoms with Crippen LogP contribution in [0.25, 0.3) is 0 Å². The van der Waals surface area contributed by atoms with E-state index >= 15 is 0 Å². The first-order valence-corrected chi connectivity index (χ1v) is 6.72. The number of ether oxygens (including phenoxy) is 1. The molecule has 104 valence electrons. The highest BCUT2D eigenvalue weighted by atomic mass is 16.5. The van der Waals surface area contributed by atoms with Crippen molar-refractivity contribution in [2.24, 2.45) is 0 Å². The maximum atomic E-state index is 11.8. The Balaban J connectivity index is 1.88. The molecule has 0 bridgehead atoms. The van der Waals surface area contributed by atoms with Crippen LogP contribution in [0.5, 0.6) is 0 Å². The number of amides is 1. The number of rotatable bonds is 4. The van der Waals surface area contributed by atoms with Crippen LogP contribution < -0.4 is 5.32 Å². The van der Waals surface area contributed by atoms with Crippen molar-refractivity contribution >= 4 is 5.91 Å². The molecule has 0 aliphatic carbocycles. The van der Waals surface area contributed by atoms with Gasteiger partial charge in [0.1, 0.15) is 6.10 Å². The average molecular weight is 263 g/mol. The Bertz CT molecular complexity index is 453. The molecule has 0 saturated carbocycles. The lowest BCUT2D eigenvalue weighted by Gasteiger charge is -2.15. The molecule has 1 saturated heterocycles. The van der Waals surface area contributed by atoms with Gasteiger partial charge in [-0.25, -0.2) is 0 Å². The Morgan fingerprint density at radius 1 is 1.47 bits per heavy atom. The molecule has 1 aromatic rings. The zero-order valence-electron chi connectivity index (χ0n) is 11.5. The van der Waals surface area contributed by atoms with E-state index in [1.54, 1.807) is 0 Å². The first-order valence-electron chi connectivity index (χ1n) is 6.72. The highest BCUT2D eigenvalue weighted by Crippen LogP contribution is 2.17. The molecule has 1 aliphatic rings. The molecular weight excluding hydrogens is 242 g/mol. The SMILES string of the molecule is Cc1ccc(C(O)CNC(=O)C2CCCO2)cc1C. The molecule has 1 aromatic carbocycles. The van der Waals surface area contributed by atoms with E-state index in [1.165, 1.54) is 5.56 Å². The van der Waals surface area contributed by atoms with Gasteiger partial charge >= 0.3 is 0 Å². The zero-order chi connectivity index (χ0) is 13.8. The van der Waals surface area contributed by atoms with Gasteiger partial charge in [-0.05, 0) is 43.4 Å². The quantitative estimate of drug-likeness (QED) is 0.868. The molecule has 1 fully saturated rings. The van der Waals surface area contributed by atoms with Crippen LogP contribution in [0.2, 0.25) is 0 Å². The van der Waals surface area contributed by atoms with E-state index in [-0.39, 0.29) is 18.6 Å². The zero-order valence-corrected chi connectivity index (χ0v) is 11.5. The highest BCUT2D eigenvalue weighted by molar-refractivity contribution is 5.80. The minimum Gasteiger partial charge on any atom is -0.387 e. The summed E-state index contributed by atoms with van der Waals surface area (Å²) < 4.78 is 5.29. The van der Waals surface area contributed by atoms with Gasteiger partial charge < -0.3 is 15.2 Å². The van der Waals surface area contributed by atoms with Gasteiger partial charge in [0.05, 0.1) is 6.10 Å². The number of carbonyl (C=O) groups excluding carboxylic acids is 1. The lowest BCUT2D eigenvalue weighted by atomic mass is 10.0. The number of aliphatic hydroxyl groups is 1. The summed E-state index contributed by atoms with van der Waals surface area (Å²) in [5.74, 6) is -0.125. The highest BCUT2D eigenvalue weighted by Gasteiger charge is 2.23. The van der Waals surface area contributed by atoms with Crippen molar-refractivity contribution in [1.29, 1.82) is 0 Å². The van der Waals surface area contributed by atoms with E-state index < -0.39 is 6.10 Å². The van der Waals surface area contributed by atoms with Gasteiger partial charge in [-0.1, -0.05) is 18.2 Å². The number of benzene rings is 1. The molecule has 1 heterocycles. The number of hydrogen-bond acceptors (Lipinski definition) is 3. The molecule has 2 N–H and O–H groups in total. The summed E-state index contributed by atoms with van der Waals surface area (Å²) in [6, 6.07) is 5.83. The summed E-state index contributed by atoms with van der Waals surface area (Å²) in [7, 11) is 0. The van der Waals surface area contributed by atoms with E-state index in [0.717, 1.165) is 24.0 Å². The van der Waals surface area contributed by atoms with Crippen molar-refractivity contribution in [3.8, 4) is 0 Å². The molecule has 1 amide bonds. The second kappa shape index (κ2) is 6.17. The van der Waals surface area contributed by atoms with Crippen molar-refractivity contribution < 1.29 is 14.6 Å². The van der Waals surface area contributed by atoms with E-state index in [4.69, 9.17) is 4.74 Å². The van der Waals surface area contributed by atoms with Gasteiger partial charge in [0, 0.05) is 13.2 Å². The normalized spacial score (nSPS) is 20.3. The van der Waals surface area contributed by atoms with Crippen molar-refractivity contribution in [1.82, 2.24) is 5.32 Å². The van der Waals surface area contributed by atoms with Crippen LogP contribution in [0.4, 0.5) is 0 Å². The third-order valence-electron chi connectivity index (χ3n) is 3.61. The molecule has 2 unspecified atom stereocenters. The molecule has 19 heavy (non-hydrogen) atoms. The van der Waals surface area contributed by atoms with Crippen LogP contribution in [-0.2, 0) is 9.53 Å². The van der Waals surface area contributed by atoms with Gasteiger partial charge in [0.25, 0.3) is 0 Å². The number of carbonyl (C=O) groups is 1. The number of aryl methyl sites for hydroxylation is 2. The third-order valence-corrected chi connectivity index (χ3v) is 3.61. The van der Waals surface area contributed by atoms with E-state index in [0.29, 0.717) is 6.61 Å². The van der Waals surface area contributed by atoms with Gasteiger partial charge in [-0.3, -0.25) is 4.79 Å². The molecule has 1 aliphatic heterocycles. The first kappa shape index (κ1) is 14.0. The first-order chi connectivity index (χ1) is 9.08.